The van der Waals surface area contributed by atoms with E-state index in [0.717, 1.165) is 19.8 Å². The predicted octanol–water partition coefficient (Wildman–Crippen LogP) is 0.746. The van der Waals surface area contributed by atoms with Gasteiger partial charge in [0.25, 0.3) is 0 Å². The van der Waals surface area contributed by atoms with E-state index < -0.39 is 50.7 Å². The Hall–Kier alpha value is -1.41. The molecule has 3 aliphatic rings. The lowest BCUT2D eigenvalue weighted by atomic mass is 9.54. The van der Waals surface area contributed by atoms with E-state index in [1.807, 2.05) is 0 Å². The quantitative estimate of drug-likeness (QED) is 0.206. The number of hydrogen-bond donors (Lipinski definition) is 6. The van der Waals surface area contributed by atoms with Gasteiger partial charge in [0.05, 0.1) is 24.8 Å². The van der Waals surface area contributed by atoms with Crippen LogP contribution in [0, 0.1) is 5.41 Å². The highest BCUT2D eigenvalue weighted by Gasteiger charge is 2.50. The Balaban J connectivity index is 1.33. The third-order valence-electron chi connectivity index (χ3n) is 7.59. The van der Waals surface area contributed by atoms with Gasteiger partial charge in [-0.05, 0) is 49.6 Å². The lowest BCUT2D eigenvalue weighted by molar-refractivity contribution is -0.104. The van der Waals surface area contributed by atoms with E-state index in [2.05, 4.69) is 20.4 Å². The Morgan fingerprint density at radius 1 is 1.31 bits per heavy atom. The van der Waals surface area contributed by atoms with Crippen molar-refractivity contribution >= 4 is 36.0 Å². The van der Waals surface area contributed by atoms with Gasteiger partial charge in [0.1, 0.15) is 24.1 Å². The average Bonchev–Trinajstić information content (AvgIpc) is 3.27. The lowest BCUT2D eigenvalue weighted by Crippen LogP contribution is -2.49. The highest BCUT2D eigenvalue weighted by Crippen LogP contribution is 2.56. The molecular formula is C20H29ClN5O8P. The van der Waals surface area contributed by atoms with Gasteiger partial charge >= 0.3 is 7.60 Å². The van der Waals surface area contributed by atoms with Gasteiger partial charge in [0.2, 0.25) is 5.28 Å². The van der Waals surface area contributed by atoms with E-state index in [1.165, 1.54) is 30.1 Å². The zero-order valence-electron chi connectivity index (χ0n) is 19.0. The van der Waals surface area contributed by atoms with Crippen molar-refractivity contribution in [3.63, 3.8) is 0 Å². The molecule has 6 N–H and O–H groups in total. The van der Waals surface area contributed by atoms with E-state index in [0.29, 0.717) is 22.3 Å². The lowest BCUT2D eigenvalue weighted by Gasteiger charge is -2.54. The van der Waals surface area contributed by atoms with E-state index in [1.54, 1.807) is 0 Å². The molecule has 35 heavy (non-hydrogen) atoms. The zero-order chi connectivity index (χ0) is 25.2. The summed E-state index contributed by atoms with van der Waals surface area (Å²) in [6.07, 6.45) is 2.24. The van der Waals surface area contributed by atoms with Crippen molar-refractivity contribution in [2.45, 2.75) is 75.0 Å². The third-order valence-corrected chi connectivity index (χ3v) is 9.26. The van der Waals surface area contributed by atoms with Gasteiger partial charge in [0, 0.05) is 6.04 Å². The molecule has 15 heteroatoms. The fourth-order valence-electron chi connectivity index (χ4n) is 5.11. The van der Waals surface area contributed by atoms with Gasteiger partial charge < -0.3 is 39.9 Å². The maximum Gasteiger partial charge on any atom is 0.359 e. The van der Waals surface area contributed by atoms with Crippen LogP contribution < -0.4 is 5.32 Å². The van der Waals surface area contributed by atoms with Gasteiger partial charge in [-0.3, -0.25) is 4.57 Å². The maximum atomic E-state index is 11.7. The smallest absolute Gasteiger partial charge is 0.359 e. The van der Waals surface area contributed by atoms with Crippen molar-refractivity contribution < 1.29 is 39.1 Å². The number of aliphatic hydroxyl groups excluding tert-OH is 3. The molecule has 2 saturated carbocycles. The van der Waals surface area contributed by atoms with Crippen LogP contribution in [0.2, 0.25) is 5.28 Å². The predicted molar refractivity (Wildman–Crippen MR) is 123 cm³/mol. The van der Waals surface area contributed by atoms with E-state index in [-0.39, 0.29) is 11.3 Å². The van der Waals surface area contributed by atoms with Crippen LogP contribution in [0.5, 0.6) is 0 Å². The fourth-order valence-corrected chi connectivity index (χ4v) is 5.71. The molecule has 2 aromatic heterocycles. The summed E-state index contributed by atoms with van der Waals surface area (Å²) in [4.78, 5) is 27.5. The van der Waals surface area contributed by atoms with Crippen molar-refractivity contribution in [3.05, 3.63) is 11.5 Å². The second-order valence-corrected chi connectivity index (χ2v) is 12.4. The molecule has 1 aliphatic heterocycles. The van der Waals surface area contributed by atoms with Gasteiger partial charge in [-0.1, -0.05) is 6.42 Å². The maximum absolute atomic E-state index is 11.7. The largest absolute Gasteiger partial charge is 0.393 e. The van der Waals surface area contributed by atoms with Crippen molar-refractivity contribution in [3.8, 4) is 0 Å². The Kier molecular flexibility index (Phi) is 6.39. The second kappa shape index (κ2) is 8.86. The number of nitrogens with one attached hydrogen (secondary N) is 1. The molecule has 3 fully saturated rings. The summed E-state index contributed by atoms with van der Waals surface area (Å²) in [7, 11) is -4.83. The summed E-state index contributed by atoms with van der Waals surface area (Å²) in [6, 6.07) is 0.277. The normalized spacial score (nSPS) is 30.3. The molecule has 5 rings (SSSR count). The molecule has 2 aliphatic carbocycles. The number of ether oxygens (including phenoxy) is 2. The van der Waals surface area contributed by atoms with Gasteiger partial charge in [-0.2, -0.15) is 15.1 Å². The molecule has 1 spiro atoms. The zero-order valence-corrected chi connectivity index (χ0v) is 20.6. The number of hydrogen-bond acceptors (Lipinski definition) is 10. The van der Waals surface area contributed by atoms with Gasteiger partial charge in [0.15, 0.2) is 17.2 Å². The molecule has 1 saturated heterocycles. The number of anilines is 1. The van der Waals surface area contributed by atoms with Crippen molar-refractivity contribution in [2.75, 3.05) is 18.5 Å². The Labute approximate surface area is 205 Å². The molecule has 1 unspecified atom stereocenters. The van der Waals surface area contributed by atoms with Crippen LogP contribution in [-0.2, 0) is 14.0 Å². The summed E-state index contributed by atoms with van der Waals surface area (Å²) < 4.78 is 23.9. The Bertz CT molecular complexity index is 1150. The van der Waals surface area contributed by atoms with Crippen LogP contribution in [0.15, 0.2) is 6.20 Å². The molecule has 5 atom stereocenters. The first-order valence-electron chi connectivity index (χ1n) is 11.4. The summed E-state index contributed by atoms with van der Waals surface area (Å²) in [5.41, 5.74) is 0.761. The molecule has 194 valence electrons. The molecule has 0 radical (unpaired) electrons. The summed E-state index contributed by atoms with van der Waals surface area (Å²) in [6.45, 7) is -0.405. The first kappa shape index (κ1) is 25.2. The molecule has 2 aromatic rings. The molecule has 0 bridgehead atoms. The highest BCUT2D eigenvalue weighted by atomic mass is 35.5. The monoisotopic (exact) mass is 533 g/mol. The van der Waals surface area contributed by atoms with Crippen LogP contribution in [0.25, 0.3) is 11.0 Å². The molecule has 0 amide bonds. The van der Waals surface area contributed by atoms with Crippen LogP contribution in [-0.4, -0.2) is 87.8 Å². The number of fused-ring (bicyclic) bond motifs is 1. The number of rotatable bonds is 8. The second-order valence-electron chi connectivity index (χ2n) is 10.0. The molecule has 0 aromatic carbocycles. The SMILES string of the molecule is CC(CO)(OC[C@H]1O[C@@H](n2ncc3c(NC4CC5(CCC5)C4)nc(Cl)nc32)[C@H](O)[C@@H]1O)P(=O)(O)O. The van der Waals surface area contributed by atoms with Crippen molar-refractivity contribution in [1.82, 2.24) is 19.7 Å². The molecule has 13 nitrogen and oxygen atoms in total. The van der Waals surface area contributed by atoms with Crippen LogP contribution in [0.3, 0.4) is 0 Å². The number of aliphatic hydroxyl groups is 3. The Morgan fingerprint density at radius 3 is 2.63 bits per heavy atom. The third kappa shape index (κ3) is 4.36. The Morgan fingerprint density at radius 2 is 2.03 bits per heavy atom. The number of halogens is 1. The summed E-state index contributed by atoms with van der Waals surface area (Å²) >= 11 is 6.18. The average molecular weight is 534 g/mol. The van der Waals surface area contributed by atoms with E-state index in [9.17, 15) is 29.7 Å². The van der Waals surface area contributed by atoms with Crippen LogP contribution in [0.1, 0.15) is 45.3 Å². The van der Waals surface area contributed by atoms with Gasteiger partial charge in [-0.15, -0.1) is 0 Å². The first-order valence-corrected chi connectivity index (χ1v) is 13.4. The van der Waals surface area contributed by atoms with Gasteiger partial charge in [-0.25, -0.2) is 4.68 Å². The minimum Gasteiger partial charge on any atom is -0.393 e. The van der Waals surface area contributed by atoms with E-state index >= 15 is 0 Å². The van der Waals surface area contributed by atoms with Crippen LogP contribution >= 0.6 is 19.2 Å². The fraction of sp³-hybridized carbons (Fsp3) is 0.750. The minimum atomic E-state index is -4.83. The standard InChI is InChI=1S/C20H29ClN5O8P/c1-19(9-27,35(30,31)32)33-8-12-13(28)14(29)17(34-12)26-16-11(7-22-26)15(24-18(21)25-16)23-10-5-20(6-10)3-2-4-20/h7,10,12-14,17,27-29H,2-6,8-9H2,1H3,(H,23,24,25)(H2,30,31,32)/t12-,13-,14-,17-,19?/m1/s1. The number of nitrogens with zero attached hydrogens (tertiary/aromatic N) is 4. The highest BCUT2D eigenvalue weighted by molar-refractivity contribution is 7.53. The summed E-state index contributed by atoms with van der Waals surface area (Å²) in [5, 5.41) is 36.6. The minimum absolute atomic E-state index is 0.0206. The van der Waals surface area contributed by atoms with E-state index in [4.69, 9.17) is 21.1 Å². The van der Waals surface area contributed by atoms with Crippen molar-refractivity contribution in [1.29, 1.82) is 0 Å². The molecule has 3 heterocycles. The number of aromatic nitrogens is 4. The first-order chi connectivity index (χ1) is 16.5. The van der Waals surface area contributed by atoms with Crippen LogP contribution in [0.4, 0.5) is 5.82 Å². The molecular weight excluding hydrogens is 505 g/mol. The topological polar surface area (TPSA) is 192 Å². The summed E-state index contributed by atoms with van der Waals surface area (Å²) in [5.74, 6) is 0.527. The van der Waals surface area contributed by atoms with Crippen molar-refractivity contribution in [2.24, 2.45) is 5.41 Å².